The van der Waals surface area contributed by atoms with E-state index in [1.54, 1.807) is 20.8 Å². The van der Waals surface area contributed by atoms with Gasteiger partial charge in [-0.3, -0.25) is 9.36 Å². The lowest BCUT2D eigenvalue weighted by Gasteiger charge is -2.30. The van der Waals surface area contributed by atoms with Crippen LogP contribution in [0.15, 0.2) is 0 Å². The van der Waals surface area contributed by atoms with Gasteiger partial charge in [0.2, 0.25) is 5.91 Å². The average Bonchev–Trinajstić information content (AvgIpc) is 2.95. The van der Waals surface area contributed by atoms with Crippen molar-refractivity contribution in [1.29, 1.82) is 0 Å². The molecular formula is C16H32NO4P. The maximum Gasteiger partial charge on any atom is 0.330 e. The molecule has 1 heterocycles. The van der Waals surface area contributed by atoms with Gasteiger partial charge in [0.25, 0.3) is 0 Å². The maximum absolute atomic E-state index is 11.4. The second kappa shape index (κ2) is 10.4. The lowest BCUT2D eigenvalue weighted by molar-refractivity contribution is -0.130. The molecule has 22 heavy (non-hydrogen) atoms. The van der Waals surface area contributed by atoms with E-state index in [0.29, 0.717) is 31.3 Å². The molecule has 6 heteroatoms. The van der Waals surface area contributed by atoms with Gasteiger partial charge in [-0.05, 0) is 33.1 Å². The summed E-state index contributed by atoms with van der Waals surface area (Å²) in [5.41, 5.74) is 0. The molecule has 130 valence electrons. The topological polar surface area (TPSA) is 55.8 Å². The van der Waals surface area contributed by atoms with Gasteiger partial charge in [0.1, 0.15) is 0 Å². The Labute approximate surface area is 135 Å². The van der Waals surface area contributed by atoms with Crippen molar-refractivity contribution < 1.29 is 18.4 Å². The van der Waals surface area contributed by atoms with Crippen molar-refractivity contribution in [2.75, 3.05) is 25.9 Å². The number of carbonyl (C=O) groups is 1. The lowest BCUT2D eigenvalue weighted by Crippen LogP contribution is -2.37. The van der Waals surface area contributed by atoms with Crippen LogP contribution in [0.2, 0.25) is 0 Å². The first-order valence-electron chi connectivity index (χ1n) is 8.73. The van der Waals surface area contributed by atoms with Gasteiger partial charge in [-0.2, -0.15) is 0 Å². The predicted octanol–water partition coefficient (Wildman–Crippen LogP) is 4.21. The zero-order chi connectivity index (χ0) is 16.4. The van der Waals surface area contributed by atoms with Crippen LogP contribution < -0.4 is 0 Å². The lowest BCUT2D eigenvalue weighted by atomic mass is 9.94. The first kappa shape index (κ1) is 19.7. The largest absolute Gasteiger partial charge is 0.340 e. The summed E-state index contributed by atoms with van der Waals surface area (Å²) >= 11 is 0. The number of rotatable bonds is 6. The van der Waals surface area contributed by atoms with Crippen LogP contribution in [0.5, 0.6) is 0 Å². The minimum absolute atomic E-state index is 0.405. The van der Waals surface area contributed by atoms with E-state index >= 15 is 0 Å². The normalized spacial score (nSPS) is 20.0. The molecule has 1 amide bonds. The second-order valence-electron chi connectivity index (χ2n) is 5.75. The van der Waals surface area contributed by atoms with E-state index in [2.05, 4.69) is 4.90 Å². The molecule has 2 fully saturated rings. The predicted molar refractivity (Wildman–Crippen MR) is 89.2 cm³/mol. The Morgan fingerprint density at radius 2 is 1.64 bits per heavy atom. The molecule has 0 spiro atoms. The molecule has 0 aromatic rings. The molecule has 0 bridgehead atoms. The first-order valence-corrected chi connectivity index (χ1v) is 10.5. The summed E-state index contributed by atoms with van der Waals surface area (Å²) < 4.78 is 21.2. The van der Waals surface area contributed by atoms with E-state index < -0.39 is 7.60 Å². The van der Waals surface area contributed by atoms with Gasteiger partial charge in [-0.25, -0.2) is 0 Å². The van der Waals surface area contributed by atoms with Crippen molar-refractivity contribution in [3.05, 3.63) is 0 Å². The van der Waals surface area contributed by atoms with Crippen LogP contribution in [0.4, 0.5) is 0 Å². The van der Waals surface area contributed by atoms with E-state index in [4.69, 9.17) is 9.05 Å². The standard InChI is InChI=1S/C10H17NO.C6H15O3P/c12-10-7-4-8-11(10)9-5-2-1-3-6-9;1-4-8-10(7,6-3)9-5-2/h9H,1-8H2;4-6H2,1-3H3. The molecule has 0 atom stereocenters. The number of nitrogens with zero attached hydrogens (tertiary/aromatic N) is 1. The van der Waals surface area contributed by atoms with Crippen LogP contribution in [-0.2, 0) is 18.4 Å². The first-order chi connectivity index (χ1) is 10.6. The van der Waals surface area contributed by atoms with Crippen LogP contribution in [0.3, 0.4) is 0 Å². The van der Waals surface area contributed by atoms with Gasteiger partial charge >= 0.3 is 7.60 Å². The number of hydrogen-bond acceptors (Lipinski definition) is 4. The highest BCUT2D eigenvalue weighted by molar-refractivity contribution is 7.53. The minimum atomic E-state index is -2.70. The number of carbonyl (C=O) groups excluding carboxylic acids is 1. The fourth-order valence-corrected chi connectivity index (χ4v) is 4.29. The summed E-state index contributed by atoms with van der Waals surface area (Å²) in [6.45, 7) is 7.34. The van der Waals surface area contributed by atoms with E-state index in [1.165, 1.54) is 32.1 Å². The Kier molecular flexibility index (Phi) is 9.30. The second-order valence-corrected chi connectivity index (χ2v) is 8.12. The quantitative estimate of drug-likeness (QED) is 0.683. The maximum atomic E-state index is 11.4. The third-order valence-corrected chi connectivity index (χ3v) is 6.24. The third kappa shape index (κ3) is 6.39. The zero-order valence-corrected chi connectivity index (χ0v) is 15.3. The fourth-order valence-electron chi connectivity index (χ4n) is 3.06. The summed E-state index contributed by atoms with van der Waals surface area (Å²) in [7, 11) is -2.70. The Morgan fingerprint density at radius 3 is 2.05 bits per heavy atom. The summed E-state index contributed by atoms with van der Waals surface area (Å²) in [4.78, 5) is 13.5. The molecule has 2 rings (SSSR count). The molecule has 1 aliphatic heterocycles. The van der Waals surface area contributed by atoms with E-state index in [1.807, 2.05) is 0 Å². The van der Waals surface area contributed by atoms with Gasteiger partial charge in [-0.15, -0.1) is 0 Å². The van der Waals surface area contributed by atoms with Crippen molar-refractivity contribution in [3.63, 3.8) is 0 Å². The summed E-state index contributed by atoms with van der Waals surface area (Å²) in [6, 6.07) is 0.605. The molecule has 0 radical (unpaired) electrons. The van der Waals surface area contributed by atoms with Gasteiger partial charge in [0.05, 0.1) is 13.2 Å². The van der Waals surface area contributed by atoms with Gasteiger partial charge in [0, 0.05) is 25.2 Å². The van der Waals surface area contributed by atoms with Crippen LogP contribution in [0.1, 0.15) is 65.7 Å². The van der Waals surface area contributed by atoms with Gasteiger partial charge < -0.3 is 13.9 Å². The Balaban J connectivity index is 0.000000225. The highest BCUT2D eigenvalue weighted by Gasteiger charge is 2.28. The smallest absolute Gasteiger partial charge is 0.330 e. The average molecular weight is 333 g/mol. The zero-order valence-electron chi connectivity index (χ0n) is 14.4. The monoisotopic (exact) mass is 333 g/mol. The third-order valence-electron chi connectivity index (χ3n) is 4.16. The highest BCUT2D eigenvalue weighted by atomic mass is 31.2. The summed E-state index contributed by atoms with van der Waals surface area (Å²) in [5.74, 6) is 0.405. The fraction of sp³-hybridized carbons (Fsp3) is 0.938. The van der Waals surface area contributed by atoms with Gasteiger partial charge in [0.15, 0.2) is 0 Å². The summed E-state index contributed by atoms with van der Waals surface area (Å²) in [5, 5.41) is 0. The molecule has 0 aromatic carbocycles. The molecule has 0 unspecified atom stereocenters. The van der Waals surface area contributed by atoms with Crippen molar-refractivity contribution >= 4 is 13.5 Å². The van der Waals surface area contributed by atoms with E-state index in [-0.39, 0.29) is 0 Å². The Hall–Kier alpha value is -0.380. The minimum Gasteiger partial charge on any atom is -0.340 e. The van der Waals surface area contributed by atoms with E-state index in [9.17, 15) is 9.36 Å². The molecule has 5 nitrogen and oxygen atoms in total. The Bertz CT molecular complexity index is 359. The molecule has 2 aliphatic rings. The van der Waals surface area contributed by atoms with Gasteiger partial charge in [-0.1, -0.05) is 26.2 Å². The van der Waals surface area contributed by atoms with Crippen LogP contribution in [0.25, 0.3) is 0 Å². The van der Waals surface area contributed by atoms with Crippen molar-refractivity contribution in [1.82, 2.24) is 4.90 Å². The molecule has 1 aliphatic carbocycles. The van der Waals surface area contributed by atoms with Crippen LogP contribution >= 0.6 is 7.60 Å². The molecule has 1 saturated carbocycles. The van der Waals surface area contributed by atoms with Crippen molar-refractivity contribution in [2.24, 2.45) is 0 Å². The molecular weight excluding hydrogens is 301 g/mol. The summed E-state index contributed by atoms with van der Waals surface area (Å²) in [6.07, 6.45) is 8.89. The number of hydrogen-bond donors (Lipinski definition) is 0. The molecule has 0 aromatic heterocycles. The molecule has 0 N–H and O–H groups in total. The Morgan fingerprint density at radius 1 is 1.05 bits per heavy atom. The number of amides is 1. The number of likely N-dealkylation sites (tertiary alicyclic amines) is 1. The van der Waals surface area contributed by atoms with Crippen LogP contribution in [0, 0.1) is 0 Å². The molecule has 1 saturated heterocycles. The van der Waals surface area contributed by atoms with Crippen LogP contribution in [-0.4, -0.2) is 42.8 Å². The SMILES string of the molecule is CCOP(=O)(CC)OCC.O=C1CCCN1C1CCCCC1. The van der Waals surface area contributed by atoms with Crippen molar-refractivity contribution in [3.8, 4) is 0 Å². The highest BCUT2D eigenvalue weighted by Crippen LogP contribution is 2.47. The van der Waals surface area contributed by atoms with E-state index in [0.717, 1.165) is 19.4 Å². The van der Waals surface area contributed by atoms with Crippen molar-refractivity contribution in [2.45, 2.75) is 71.8 Å².